The molecule has 2 aromatic rings. The molecule has 30 heavy (non-hydrogen) atoms. The molecule has 0 fully saturated rings. The van der Waals surface area contributed by atoms with Crippen LogP contribution in [0, 0.1) is 11.3 Å². The van der Waals surface area contributed by atoms with Gasteiger partial charge in [0.2, 0.25) is 0 Å². The highest BCUT2D eigenvalue weighted by atomic mass is 19.3. The molecule has 0 heterocycles. The molecule has 0 saturated heterocycles. The summed E-state index contributed by atoms with van der Waals surface area (Å²) >= 11 is 0. The number of ether oxygens (including phenoxy) is 2. The number of amides is 2. The average Bonchev–Trinajstić information content (AvgIpc) is 2.71. The fraction of sp³-hybridized carbons (Fsp3) is 0.190. The van der Waals surface area contributed by atoms with Gasteiger partial charge in [-0.3, -0.25) is 9.59 Å². The third kappa shape index (κ3) is 5.78. The number of nitrogens with one attached hydrogen (secondary N) is 1. The van der Waals surface area contributed by atoms with Gasteiger partial charge in [0.15, 0.2) is 11.5 Å². The predicted octanol–water partition coefficient (Wildman–Crippen LogP) is 3.54. The Bertz CT molecular complexity index is 996. The predicted molar refractivity (Wildman–Crippen MR) is 106 cm³/mol. The molecule has 0 aliphatic heterocycles. The summed E-state index contributed by atoms with van der Waals surface area (Å²) in [7, 11) is 4.55. The number of anilines is 1. The van der Waals surface area contributed by atoms with E-state index in [1.165, 1.54) is 48.4 Å². The van der Waals surface area contributed by atoms with Gasteiger partial charge in [0.25, 0.3) is 11.8 Å². The van der Waals surface area contributed by atoms with E-state index in [9.17, 15) is 23.6 Å². The summed E-state index contributed by atoms with van der Waals surface area (Å²) in [6, 6.07) is 12.0. The van der Waals surface area contributed by atoms with Crippen LogP contribution in [0.15, 0.2) is 48.0 Å². The number of hydrogen-bond donors (Lipinski definition) is 1. The van der Waals surface area contributed by atoms with E-state index in [-0.39, 0.29) is 23.0 Å². The van der Waals surface area contributed by atoms with Crippen molar-refractivity contribution < 1.29 is 27.8 Å². The van der Waals surface area contributed by atoms with Crippen LogP contribution < -0.4 is 14.8 Å². The van der Waals surface area contributed by atoms with Crippen molar-refractivity contribution >= 4 is 23.6 Å². The van der Waals surface area contributed by atoms with E-state index in [4.69, 9.17) is 4.74 Å². The Labute approximate surface area is 172 Å². The maximum Gasteiger partial charge on any atom is 0.387 e. The highest BCUT2D eigenvalue weighted by molar-refractivity contribution is 6.09. The van der Waals surface area contributed by atoms with Crippen molar-refractivity contribution in [3.8, 4) is 17.6 Å². The molecule has 0 radical (unpaired) electrons. The van der Waals surface area contributed by atoms with Crippen LogP contribution in [0.4, 0.5) is 14.5 Å². The van der Waals surface area contributed by atoms with Gasteiger partial charge in [0, 0.05) is 25.3 Å². The number of rotatable bonds is 7. The Morgan fingerprint density at radius 3 is 2.33 bits per heavy atom. The van der Waals surface area contributed by atoms with E-state index in [2.05, 4.69) is 10.1 Å². The zero-order chi connectivity index (χ0) is 22.3. The molecule has 156 valence electrons. The minimum atomic E-state index is -3.06. The van der Waals surface area contributed by atoms with Gasteiger partial charge in [-0.25, -0.2) is 0 Å². The van der Waals surface area contributed by atoms with Crippen LogP contribution in [-0.2, 0) is 4.79 Å². The number of hydrogen-bond acceptors (Lipinski definition) is 5. The van der Waals surface area contributed by atoms with Crippen LogP contribution in [-0.4, -0.2) is 44.5 Å². The van der Waals surface area contributed by atoms with Gasteiger partial charge in [-0.05, 0) is 48.0 Å². The number of halogens is 2. The van der Waals surface area contributed by atoms with E-state index in [1.54, 1.807) is 32.3 Å². The first-order valence-corrected chi connectivity index (χ1v) is 8.63. The standard InChI is InChI=1S/C21H19F2N3O4/c1-26(2)20(28)14-5-7-16(8-6-14)25-19(27)15(12-24)10-13-4-9-17(29-3)18(11-13)30-21(22)23/h4-11,21H,1-3H3,(H,25,27)/b15-10+. The average molecular weight is 415 g/mol. The largest absolute Gasteiger partial charge is 0.493 e. The van der Waals surface area contributed by atoms with Crippen LogP contribution in [0.25, 0.3) is 6.08 Å². The fourth-order valence-electron chi connectivity index (χ4n) is 2.44. The monoisotopic (exact) mass is 415 g/mol. The van der Waals surface area contributed by atoms with Gasteiger partial charge in [0.05, 0.1) is 7.11 Å². The van der Waals surface area contributed by atoms with Crippen molar-refractivity contribution in [2.75, 3.05) is 26.5 Å². The fourth-order valence-corrected chi connectivity index (χ4v) is 2.44. The van der Waals surface area contributed by atoms with E-state index < -0.39 is 12.5 Å². The lowest BCUT2D eigenvalue weighted by atomic mass is 10.1. The second-order valence-corrected chi connectivity index (χ2v) is 6.19. The minimum Gasteiger partial charge on any atom is -0.493 e. The first-order valence-electron chi connectivity index (χ1n) is 8.63. The molecular formula is C21H19F2N3O4. The van der Waals surface area contributed by atoms with Crippen molar-refractivity contribution in [3.05, 3.63) is 59.2 Å². The van der Waals surface area contributed by atoms with E-state index in [1.807, 2.05) is 0 Å². The SMILES string of the molecule is COc1ccc(/C=C(\C#N)C(=O)Nc2ccc(C(=O)N(C)C)cc2)cc1OC(F)F. The second-order valence-electron chi connectivity index (χ2n) is 6.19. The van der Waals surface area contributed by atoms with Crippen LogP contribution in [0.3, 0.4) is 0 Å². The molecule has 2 rings (SSSR count). The van der Waals surface area contributed by atoms with Crippen LogP contribution in [0.1, 0.15) is 15.9 Å². The summed E-state index contributed by atoms with van der Waals surface area (Å²) < 4.78 is 34.5. The number of nitriles is 1. The van der Waals surface area contributed by atoms with Crippen molar-refractivity contribution in [3.63, 3.8) is 0 Å². The van der Waals surface area contributed by atoms with Gasteiger partial charge in [-0.2, -0.15) is 14.0 Å². The van der Waals surface area contributed by atoms with Crippen LogP contribution in [0.2, 0.25) is 0 Å². The zero-order valence-electron chi connectivity index (χ0n) is 16.5. The number of methoxy groups -OCH3 is 1. The third-order valence-electron chi connectivity index (χ3n) is 3.88. The summed E-state index contributed by atoms with van der Waals surface area (Å²) in [5.74, 6) is -1.02. The van der Waals surface area contributed by atoms with Gasteiger partial charge < -0.3 is 19.7 Å². The van der Waals surface area contributed by atoms with E-state index in [0.29, 0.717) is 16.8 Å². The molecule has 0 unspecified atom stereocenters. The second kappa shape index (κ2) is 10.0. The normalized spacial score (nSPS) is 10.9. The third-order valence-corrected chi connectivity index (χ3v) is 3.88. The van der Waals surface area contributed by atoms with Crippen molar-refractivity contribution in [2.45, 2.75) is 6.61 Å². The molecule has 7 nitrogen and oxygen atoms in total. The van der Waals surface area contributed by atoms with Gasteiger partial charge >= 0.3 is 6.61 Å². The van der Waals surface area contributed by atoms with Crippen molar-refractivity contribution in [1.29, 1.82) is 5.26 Å². The molecule has 2 aromatic carbocycles. The molecule has 1 N–H and O–H groups in total. The number of nitrogens with zero attached hydrogens (tertiary/aromatic N) is 2. The molecule has 0 bridgehead atoms. The maximum absolute atomic E-state index is 12.6. The summed E-state index contributed by atoms with van der Waals surface area (Å²) in [4.78, 5) is 25.7. The first kappa shape index (κ1) is 22.4. The molecule has 9 heteroatoms. The molecule has 0 aliphatic rings. The molecule has 0 aliphatic carbocycles. The number of carbonyl (C=O) groups excluding carboxylic acids is 2. The van der Waals surface area contributed by atoms with E-state index in [0.717, 1.165) is 0 Å². The Kier molecular flexibility index (Phi) is 7.47. The van der Waals surface area contributed by atoms with E-state index >= 15 is 0 Å². The Morgan fingerprint density at radius 1 is 1.13 bits per heavy atom. The van der Waals surface area contributed by atoms with Crippen molar-refractivity contribution in [2.24, 2.45) is 0 Å². The van der Waals surface area contributed by atoms with Crippen LogP contribution in [0.5, 0.6) is 11.5 Å². The number of benzene rings is 2. The summed E-state index contributed by atoms with van der Waals surface area (Å²) in [6.45, 7) is -3.06. The Hall–Kier alpha value is -3.93. The lowest BCUT2D eigenvalue weighted by molar-refractivity contribution is -0.112. The van der Waals surface area contributed by atoms with Crippen LogP contribution >= 0.6 is 0 Å². The van der Waals surface area contributed by atoms with Crippen molar-refractivity contribution in [1.82, 2.24) is 4.90 Å². The number of carbonyl (C=O) groups is 2. The van der Waals surface area contributed by atoms with Gasteiger partial charge in [-0.1, -0.05) is 6.07 Å². The minimum absolute atomic E-state index is 0.0859. The molecule has 0 aromatic heterocycles. The smallest absolute Gasteiger partial charge is 0.387 e. The Balaban J connectivity index is 2.21. The summed E-state index contributed by atoms with van der Waals surface area (Å²) in [6.07, 6.45) is 1.23. The summed E-state index contributed by atoms with van der Waals surface area (Å²) in [5.41, 5.74) is 0.869. The quantitative estimate of drug-likeness (QED) is 0.552. The highest BCUT2D eigenvalue weighted by Gasteiger charge is 2.14. The lowest BCUT2D eigenvalue weighted by Gasteiger charge is -2.11. The topological polar surface area (TPSA) is 91.7 Å². The van der Waals surface area contributed by atoms with Gasteiger partial charge in [0.1, 0.15) is 11.6 Å². The first-order chi connectivity index (χ1) is 14.2. The molecular weight excluding hydrogens is 396 g/mol. The lowest BCUT2D eigenvalue weighted by Crippen LogP contribution is -2.21. The summed E-state index contributed by atoms with van der Waals surface area (Å²) in [5, 5.41) is 11.9. The molecule has 0 saturated carbocycles. The molecule has 0 atom stereocenters. The number of alkyl halides is 2. The zero-order valence-corrected chi connectivity index (χ0v) is 16.5. The maximum atomic E-state index is 12.6. The molecule has 0 spiro atoms. The van der Waals surface area contributed by atoms with Gasteiger partial charge in [-0.15, -0.1) is 0 Å². The highest BCUT2D eigenvalue weighted by Crippen LogP contribution is 2.30. The Morgan fingerprint density at radius 2 is 1.80 bits per heavy atom. The molecule has 2 amide bonds.